The van der Waals surface area contributed by atoms with E-state index in [9.17, 15) is 39.0 Å². The number of aldehydes is 2. The predicted octanol–water partition coefficient (Wildman–Crippen LogP) is -1.53. The second-order valence-corrected chi connectivity index (χ2v) is 4.35. The van der Waals surface area contributed by atoms with Gasteiger partial charge in [0, 0.05) is 0 Å². The van der Waals surface area contributed by atoms with Gasteiger partial charge in [-0.25, -0.2) is 0 Å². The third-order valence-corrected chi connectivity index (χ3v) is 2.56. The average Bonchev–Trinajstić information content (AvgIpc) is 2.40. The first-order valence-electron chi connectivity index (χ1n) is 6.90. The summed E-state index contributed by atoms with van der Waals surface area (Å²) < 4.78 is 0. The van der Waals surface area contributed by atoms with E-state index >= 15 is 0 Å². The molecule has 0 rings (SSSR count). The Balaban J connectivity index is -0.000000128. The van der Waals surface area contributed by atoms with Crippen LogP contribution in [0, 0.1) is 11.8 Å². The number of hydrogen-bond donors (Lipinski definition) is 0. The summed E-state index contributed by atoms with van der Waals surface area (Å²) in [4.78, 5) is 59.2. The van der Waals surface area contributed by atoms with Crippen LogP contribution < -0.4 is 10.2 Å². The van der Waals surface area contributed by atoms with Gasteiger partial charge in [-0.05, 0) is 26.7 Å². The van der Waals surface area contributed by atoms with Crippen LogP contribution >= 0.6 is 0 Å². The van der Waals surface area contributed by atoms with Crippen LogP contribution in [0.4, 0.5) is 0 Å². The molecule has 0 saturated heterocycles. The Hall–Kier alpha value is -1.67. The average molecular weight is 378 g/mol. The summed E-state index contributed by atoms with van der Waals surface area (Å²) in [5.74, 6) is -5.04. The Kier molecular flexibility index (Phi) is 24.4. The van der Waals surface area contributed by atoms with E-state index in [0.717, 1.165) is 0 Å². The predicted molar refractivity (Wildman–Crippen MR) is 75.7 cm³/mol. The first-order chi connectivity index (χ1) is 10.6. The first kappa shape index (κ1) is 30.2. The largest absolute Gasteiger partial charge is 2.00 e. The fourth-order valence-electron chi connectivity index (χ4n) is 1.28. The summed E-state index contributed by atoms with van der Waals surface area (Å²) in [7, 11) is 0. The van der Waals surface area contributed by atoms with Crippen molar-refractivity contribution >= 4 is 36.1 Å². The number of Topliss-reactive ketones (excluding diaryl/α,β-unsaturated/α-hetero) is 2. The summed E-state index contributed by atoms with van der Waals surface area (Å²) >= 11 is 0. The van der Waals surface area contributed by atoms with Gasteiger partial charge in [-0.1, -0.05) is 13.8 Å². The molecule has 134 valence electrons. The van der Waals surface area contributed by atoms with E-state index in [1.165, 1.54) is 13.8 Å². The number of rotatable bonds is 8. The van der Waals surface area contributed by atoms with Gasteiger partial charge < -0.3 is 29.4 Å². The van der Waals surface area contributed by atoms with Crippen LogP contribution in [-0.2, 0) is 50.5 Å². The van der Waals surface area contributed by atoms with Gasteiger partial charge in [0.15, 0.2) is 0 Å². The van der Waals surface area contributed by atoms with Crippen LogP contribution in [0.2, 0.25) is 0 Å². The molecule has 0 saturated carbocycles. The Morgan fingerprint density at radius 1 is 0.792 bits per heavy atom. The molecular formula is C15H22O8Ti. The van der Waals surface area contributed by atoms with Crippen molar-refractivity contribution in [1.82, 2.24) is 0 Å². The molecule has 0 aliphatic carbocycles. The van der Waals surface area contributed by atoms with Gasteiger partial charge in [0.2, 0.25) is 0 Å². The molecule has 9 heteroatoms. The van der Waals surface area contributed by atoms with E-state index in [4.69, 9.17) is 0 Å². The maximum Gasteiger partial charge on any atom is 2.00 e. The minimum atomic E-state index is -1.27. The van der Waals surface area contributed by atoms with Crippen LogP contribution in [0.3, 0.4) is 0 Å². The molecule has 0 radical (unpaired) electrons. The van der Waals surface area contributed by atoms with Crippen molar-refractivity contribution in [2.75, 3.05) is 0 Å². The Morgan fingerprint density at radius 2 is 1.04 bits per heavy atom. The summed E-state index contributed by atoms with van der Waals surface area (Å²) in [6.07, 6.45) is 1.79. The molecule has 0 aromatic carbocycles. The molecule has 0 aliphatic heterocycles. The second-order valence-electron chi connectivity index (χ2n) is 4.35. The number of ketones is 2. The number of carboxylic acid groups (broad SMARTS) is 2. The van der Waals surface area contributed by atoms with Crippen molar-refractivity contribution in [2.45, 2.75) is 47.0 Å². The monoisotopic (exact) mass is 378 g/mol. The standard InChI is InChI=1S/2C6H10O3.C3H4O2.Ti/c2*1-3-5(4(2)7)6(8)9;4-2-1-3-5;/h2*5H,3H2,1-2H3,(H,8,9);2-3H,1H2;/q;;;+2/p-2. The van der Waals surface area contributed by atoms with Gasteiger partial charge in [-0.3, -0.25) is 9.59 Å². The molecule has 24 heavy (non-hydrogen) atoms. The Morgan fingerprint density at radius 3 is 1.04 bits per heavy atom. The molecule has 0 bridgehead atoms. The molecule has 0 spiro atoms. The summed E-state index contributed by atoms with van der Waals surface area (Å²) in [5, 5.41) is 20.1. The summed E-state index contributed by atoms with van der Waals surface area (Å²) in [6.45, 7) is 5.79. The smallest absolute Gasteiger partial charge is 0.549 e. The first-order valence-corrected chi connectivity index (χ1v) is 6.90. The van der Waals surface area contributed by atoms with E-state index < -0.39 is 23.8 Å². The number of carboxylic acids is 2. The number of carbonyl (C=O) groups excluding carboxylic acids is 6. The molecule has 0 aliphatic rings. The van der Waals surface area contributed by atoms with Crippen LogP contribution in [0.5, 0.6) is 0 Å². The van der Waals surface area contributed by atoms with Crippen LogP contribution in [0.1, 0.15) is 47.0 Å². The van der Waals surface area contributed by atoms with E-state index in [1.807, 2.05) is 0 Å². The van der Waals surface area contributed by atoms with Crippen molar-refractivity contribution in [3.05, 3.63) is 0 Å². The van der Waals surface area contributed by atoms with E-state index in [0.29, 0.717) is 25.4 Å². The number of aliphatic carboxylic acids is 2. The minimum Gasteiger partial charge on any atom is -0.549 e. The third-order valence-electron chi connectivity index (χ3n) is 2.56. The molecule has 0 aromatic heterocycles. The maximum atomic E-state index is 10.4. The fraction of sp³-hybridized carbons (Fsp3) is 0.600. The molecule has 0 heterocycles. The zero-order valence-electron chi connectivity index (χ0n) is 14.2. The van der Waals surface area contributed by atoms with Crippen LogP contribution in [0.25, 0.3) is 0 Å². The normalized spacial score (nSPS) is 10.8. The molecule has 0 fully saturated rings. The third kappa shape index (κ3) is 18.4. The van der Waals surface area contributed by atoms with Gasteiger partial charge in [-0.2, -0.15) is 0 Å². The van der Waals surface area contributed by atoms with Crippen LogP contribution in [0.15, 0.2) is 0 Å². The van der Waals surface area contributed by atoms with Crippen molar-refractivity contribution in [3.8, 4) is 0 Å². The zero-order valence-corrected chi connectivity index (χ0v) is 15.8. The van der Waals surface area contributed by atoms with Crippen molar-refractivity contribution < 1.29 is 60.7 Å². The number of hydrogen-bond acceptors (Lipinski definition) is 8. The topological polar surface area (TPSA) is 149 Å². The second kappa shape index (κ2) is 19.4. The van der Waals surface area contributed by atoms with E-state index in [2.05, 4.69) is 0 Å². The molecule has 0 N–H and O–H groups in total. The van der Waals surface area contributed by atoms with Crippen molar-refractivity contribution in [3.63, 3.8) is 0 Å². The Bertz CT molecular complexity index is 354. The van der Waals surface area contributed by atoms with Gasteiger partial charge in [-0.15, -0.1) is 0 Å². The maximum absolute atomic E-state index is 10.4. The molecule has 0 aromatic rings. The molecule has 2 atom stereocenters. The Labute approximate surface area is 155 Å². The molecule has 0 amide bonds. The number of carbonyl (C=O) groups is 6. The molecular weight excluding hydrogens is 356 g/mol. The SMILES string of the molecule is CCC(C(C)=O)C(=O)[O-].CCC(C(C)=O)C(=O)[O-].O=CCC=O.[Ti+2]. The molecule has 2 unspecified atom stereocenters. The van der Waals surface area contributed by atoms with Gasteiger partial charge >= 0.3 is 21.7 Å². The van der Waals surface area contributed by atoms with E-state index in [1.54, 1.807) is 13.8 Å². The molecule has 8 nitrogen and oxygen atoms in total. The van der Waals surface area contributed by atoms with E-state index in [-0.39, 0.29) is 39.7 Å². The fourth-order valence-corrected chi connectivity index (χ4v) is 1.28. The summed E-state index contributed by atoms with van der Waals surface area (Å²) in [6, 6.07) is 0. The minimum absolute atomic E-state index is 0. The van der Waals surface area contributed by atoms with Crippen molar-refractivity contribution in [2.24, 2.45) is 11.8 Å². The van der Waals surface area contributed by atoms with Gasteiger partial charge in [0.1, 0.15) is 24.1 Å². The van der Waals surface area contributed by atoms with Gasteiger partial charge in [0.25, 0.3) is 0 Å². The van der Waals surface area contributed by atoms with Gasteiger partial charge in [0.05, 0.1) is 30.2 Å². The zero-order chi connectivity index (χ0) is 19.0. The summed E-state index contributed by atoms with van der Waals surface area (Å²) in [5.41, 5.74) is 0. The van der Waals surface area contributed by atoms with Crippen molar-refractivity contribution in [1.29, 1.82) is 0 Å². The van der Waals surface area contributed by atoms with Crippen LogP contribution in [-0.4, -0.2) is 36.1 Å². The quantitative estimate of drug-likeness (QED) is 0.281.